The molecule has 0 fully saturated rings. The number of carbonyl (C=O) groups excluding carboxylic acids is 2. The molecule has 3 aromatic rings. The maximum Gasteiger partial charge on any atom is 0.205 e. The average molecular weight is 435 g/mol. The summed E-state index contributed by atoms with van der Waals surface area (Å²) in [6.07, 6.45) is 1.72. The van der Waals surface area contributed by atoms with E-state index >= 15 is 0 Å². The first kappa shape index (κ1) is 22.7. The molecular weight excluding hydrogens is 408 g/mol. The van der Waals surface area contributed by atoms with Crippen molar-refractivity contribution in [3.63, 3.8) is 0 Å². The molecule has 0 spiro atoms. The van der Waals surface area contributed by atoms with Gasteiger partial charge >= 0.3 is 0 Å². The maximum atomic E-state index is 11.3. The minimum Gasteiger partial charge on any atom is -0.353 e. The van der Waals surface area contributed by atoms with Crippen molar-refractivity contribution in [2.75, 3.05) is 26.2 Å². The number of aliphatic imine (C=N–C) groups is 2. The summed E-state index contributed by atoms with van der Waals surface area (Å²) in [4.78, 5) is 30.5. The molecule has 10 nitrogen and oxygen atoms in total. The number of fused-ring (bicyclic) bond motifs is 2. The van der Waals surface area contributed by atoms with Crippen molar-refractivity contribution in [2.24, 2.45) is 21.7 Å². The Morgan fingerprint density at radius 2 is 1.03 bits per heavy atom. The van der Waals surface area contributed by atoms with Crippen molar-refractivity contribution in [3.8, 4) is 0 Å². The lowest BCUT2D eigenvalue weighted by molar-refractivity contribution is 0.111. The molecule has 2 aliphatic rings. The van der Waals surface area contributed by atoms with E-state index in [1.54, 1.807) is 0 Å². The summed E-state index contributed by atoms with van der Waals surface area (Å²) in [5.74, 6) is 11.4. The molecule has 0 bridgehead atoms. The van der Waals surface area contributed by atoms with Crippen molar-refractivity contribution >= 4 is 46.0 Å². The topological polar surface area (TPSA) is 159 Å². The number of carbonyl (C=O) groups is 2. The van der Waals surface area contributed by atoms with E-state index in [2.05, 4.69) is 31.5 Å². The van der Waals surface area contributed by atoms with Gasteiger partial charge in [0.15, 0.2) is 12.6 Å². The number of hydrogen-bond donors (Lipinski definition) is 6. The third-order valence-electron chi connectivity index (χ3n) is 4.87. The number of benzene rings is 3. The zero-order chi connectivity index (χ0) is 22.8. The van der Waals surface area contributed by atoms with Gasteiger partial charge in [-0.2, -0.15) is 0 Å². The number of aldehydes is 2. The fourth-order valence-electron chi connectivity index (χ4n) is 3.44. The zero-order valence-electron chi connectivity index (χ0n) is 17.5. The third-order valence-corrected chi connectivity index (χ3v) is 4.87. The third kappa shape index (κ3) is 5.17. The molecule has 0 aliphatic carbocycles. The van der Waals surface area contributed by atoms with Crippen LogP contribution < -0.4 is 33.2 Å². The average Bonchev–Trinajstić information content (AvgIpc) is 3.57. The van der Waals surface area contributed by atoms with Crippen LogP contribution in [0.5, 0.6) is 0 Å². The van der Waals surface area contributed by atoms with Gasteiger partial charge in [0, 0.05) is 24.2 Å². The van der Waals surface area contributed by atoms with Crippen LogP contribution in [-0.2, 0) is 0 Å². The van der Waals surface area contributed by atoms with Gasteiger partial charge in [-0.05, 0) is 21.5 Å². The Hall–Kier alpha value is -4.02. The smallest absolute Gasteiger partial charge is 0.205 e. The number of nitrogens with one attached hydrogen (secondary N) is 4. The molecule has 166 valence electrons. The van der Waals surface area contributed by atoms with E-state index in [4.69, 9.17) is 11.7 Å². The van der Waals surface area contributed by atoms with Crippen molar-refractivity contribution in [3.05, 3.63) is 59.7 Å². The van der Waals surface area contributed by atoms with Crippen LogP contribution in [0.4, 0.5) is 0 Å². The first-order valence-electron chi connectivity index (χ1n) is 10.1. The summed E-state index contributed by atoms with van der Waals surface area (Å²) in [5.41, 5.74) is 6.10. The molecule has 0 radical (unpaired) electrons. The van der Waals surface area contributed by atoms with Crippen LogP contribution in [0.3, 0.4) is 0 Å². The largest absolute Gasteiger partial charge is 0.353 e. The van der Waals surface area contributed by atoms with Gasteiger partial charge in [0.25, 0.3) is 0 Å². The molecule has 5 rings (SSSR count). The minimum absolute atomic E-state index is 0.645. The van der Waals surface area contributed by atoms with Gasteiger partial charge in [0.1, 0.15) is 0 Å². The molecule has 0 atom stereocenters. The summed E-state index contributed by atoms with van der Waals surface area (Å²) in [5, 5.41) is 9.15. The van der Waals surface area contributed by atoms with E-state index < -0.39 is 0 Å². The van der Waals surface area contributed by atoms with E-state index in [0.29, 0.717) is 23.0 Å². The Bertz CT molecular complexity index is 1010. The Labute approximate surface area is 185 Å². The molecule has 3 aromatic carbocycles. The van der Waals surface area contributed by atoms with E-state index in [9.17, 15) is 9.59 Å². The Kier molecular flexibility index (Phi) is 8.07. The SMILES string of the molecule is NNC1=NCCN1.NNC1=NCCN1.O=Cc1c2ccccc2c(C=O)c2ccccc12. The van der Waals surface area contributed by atoms with Crippen LogP contribution in [0.15, 0.2) is 58.5 Å². The van der Waals surface area contributed by atoms with Crippen molar-refractivity contribution in [1.29, 1.82) is 0 Å². The van der Waals surface area contributed by atoms with Crippen LogP contribution >= 0.6 is 0 Å². The van der Waals surface area contributed by atoms with E-state index in [-0.39, 0.29) is 0 Å². The number of hydrogen-bond acceptors (Lipinski definition) is 10. The van der Waals surface area contributed by atoms with Crippen molar-refractivity contribution in [2.45, 2.75) is 0 Å². The summed E-state index contributed by atoms with van der Waals surface area (Å²) in [6, 6.07) is 15.0. The highest BCUT2D eigenvalue weighted by Gasteiger charge is 2.11. The number of nitrogens with two attached hydrogens (primary N) is 2. The second kappa shape index (κ2) is 11.4. The molecule has 0 saturated carbocycles. The van der Waals surface area contributed by atoms with Crippen molar-refractivity contribution in [1.82, 2.24) is 21.5 Å². The van der Waals surface area contributed by atoms with Crippen LogP contribution in [0.2, 0.25) is 0 Å². The Morgan fingerprint density at radius 1 is 0.688 bits per heavy atom. The van der Waals surface area contributed by atoms with Crippen LogP contribution in [0, 0.1) is 0 Å². The van der Waals surface area contributed by atoms with Gasteiger partial charge in [0.05, 0.1) is 13.1 Å². The second-order valence-corrected chi connectivity index (χ2v) is 6.76. The molecule has 0 unspecified atom stereocenters. The van der Waals surface area contributed by atoms with E-state index in [1.165, 1.54) is 0 Å². The first-order valence-corrected chi connectivity index (χ1v) is 10.1. The monoisotopic (exact) mass is 434 g/mol. The normalized spacial score (nSPS) is 13.9. The molecule has 32 heavy (non-hydrogen) atoms. The fourth-order valence-corrected chi connectivity index (χ4v) is 3.44. The minimum atomic E-state index is 0.645. The van der Waals surface area contributed by atoms with Gasteiger partial charge in [0.2, 0.25) is 11.9 Å². The number of rotatable bonds is 2. The summed E-state index contributed by atoms with van der Waals surface area (Å²) >= 11 is 0. The molecule has 0 saturated heterocycles. The molecule has 8 N–H and O–H groups in total. The molecular formula is C22H26N8O2. The van der Waals surface area contributed by atoms with Gasteiger partial charge in [-0.25, -0.2) is 11.7 Å². The Balaban J connectivity index is 0.000000169. The Morgan fingerprint density at radius 3 is 1.22 bits per heavy atom. The van der Waals surface area contributed by atoms with Gasteiger partial charge in [-0.3, -0.25) is 30.4 Å². The lowest BCUT2D eigenvalue weighted by atomic mass is 9.93. The highest BCUT2D eigenvalue weighted by molar-refractivity contribution is 6.19. The van der Waals surface area contributed by atoms with E-state index in [0.717, 1.165) is 60.3 Å². The van der Waals surface area contributed by atoms with Gasteiger partial charge < -0.3 is 10.6 Å². The lowest BCUT2D eigenvalue weighted by Crippen LogP contribution is -2.38. The molecule has 2 aliphatic heterocycles. The summed E-state index contributed by atoms with van der Waals surface area (Å²) in [7, 11) is 0. The fraction of sp³-hybridized carbons (Fsp3) is 0.182. The predicted octanol–water partition coefficient (Wildman–Crippen LogP) is 0.436. The molecule has 0 amide bonds. The van der Waals surface area contributed by atoms with Crippen LogP contribution in [-0.4, -0.2) is 50.7 Å². The highest BCUT2D eigenvalue weighted by atomic mass is 16.1. The maximum absolute atomic E-state index is 11.3. The summed E-state index contributed by atoms with van der Waals surface area (Å²) < 4.78 is 0. The highest BCUT2D eigenvalue weighted by Crippen LogP contribution is 2.30. The number of guanidine groups is 2. The number of nitrogens with zero attached hydrogens (tertiary/aromatic N) is 2. The molecule has 10 heteroatoms. The first-order chi connectivity index (χ1) is 15.7. The molecule has 2 heterocycles. The van der Waals surface area contributed by atoms with Gasteiger partial charge in [-0.1, -0.05) is 48.5 Å². The van der Waals surface area contributed by atoms with Crippen LogP contribution in [0.1, 0.15) is 20.7 Å². The van der Waals surface area contributed by atoms with Gasteiger partial charge in [-0.15, -0.1) is 0 Å². The van der Waals surface area contributed by atoms with Crippen molar-refractivity contribution < 1.29 is 9.59 Å². The standard InChI is InChI=1S/C16H10O2.2C3H8N4/c17-9-15-11-5-1-2-6-12(11)16(10-18)14-8-4-3-7-13(14)15;2*4-7-3-5-1-2-6-3/h1-10H;2*1-2,4H2,(H2,5,6,7). The summed E-state index contributed by atoms with van der Waals surface area (Å²) in [6.45, 7) is 3.47. The lowest BCUT2D eigenvalue weighted by Gasteiger charge is -2.09. The number of hydrazine groups is 2. The predicted molar refractivity (Wildman–Crippen MR) is 127 cm³/mol. The molecule has 0 aromatic heterocycles. The van der Waals surface area contributed by atoms with E-state index in [1.807, 2.05) is 48.5 Å². The quantitative estimate of drug-likeness (QED) is 0.147. The second-order valence-electron chi connectivity index (χ2n) is 6.76. The van der Waals surface area contributed by atoms with Crippen LogP contribution in [0.25, 0.3) is 21.5 Å². The zero-order valence-corrected chi connectivity index (χ0v) is 17.5.